The quantitative estimate of drug-likeness (QED) is 0.684. The lowest BCUT2D eigenvalue weighted by Crippen LogP contribution is -2.34. The molecule has 0 saturated heterocycles. The molecule has 0 spiro atoms. The van der Waals surface area contributed by atoms with Gasteiger partial charge in [0, 0.05) is 13.2 Å². The zero-order valence-corrected chi connectivity index (χ0v) is 9.80. The molecule has 2 heterocycles. The van der Waals surface area contributed by atoms with Crippen LogP contribution in [-0.2, 0) is 6.54 Å². The van der Waals surface area contributed by atoms with Crippen molar-refractivity contribution in [3.05, 3.63) is 50.9 Å². The highest BCUT2D eigenvalue weighted by Crippen LogP contribution is 2.10. The number of H-pyrrole nitrogens is 1. The summed E-state index contributed by atoms with van der Waals surface area (Å²) < 4.78 is 1.26. The van der Waals surface area contributed by atoms with Crippen molar-refractivity contribution in [2.24, 2.45) is 0 Å². The van der Waals surface area contributed by atoms with Gasteiger partial charge >= 0.3 is 5.69 Å². The number of hydrogen-bond acceptors (Lipinski definition) is 5. The van der Waals surface area contributed by atoms with Gasteiger partial charge in [-0.3, -0.25) is 19.3 Å². The normalized spacial score (nSPS) is 10.3. The van der Waals surface area contributed by atoms with E-state index in [0.29, 0.717) is 5.69 Å². The van der Waals surface area contributed by atoms with E-state index >= 15 is 0 Å². The first-order valence-corrected chi connectivity index (χ1v) is 5.33. The second kappa shape index (κ2) is 4.74. The monoisotopic (exact) mass is 247 g/mol. The molecule has 94 valence electrons. The van der Waals surface area contributed by atoms with E-state index in [-0.39, 0.29) is 18.1 Å². The molecule has 0 atom stereocenters. The molecule has 0 unspecified atom stereocenters. The van der Waals surface area contributed by atoms with Crippen molar-refractivity contribution in [1.82, 2.24) is 14.5 Å². The number of nitrogen functional groups attached to an aromatic ring is 1. The second-order valence-corrected chi connectivity index (χ2v) is 3.68. The Kier molecular flexibility index (Phi) is 3.13. The van der Waals surface area contributed by atoms with Crippen LogP contribution in [0.15, 0.2) is 34.0 Å². The van der Waals surface area contributed by atoms with Gasteiger partial charge in [0.05, 0.1) is 12.2 Å². The molecule has 2 aromatic rings. The Morgan fingerprint density at radius 3 is 2.83 bits per heavy atom. The molecule has 0 bridgehead atoms. The standard InChI is InChI=1S/C11H13N5O2/c1-13-8-9(12)16(11(18)15-10(8)17)6-7-4-2-3-5-14-7/h2-5,13H,6,12H2,1H3,(H,15,17,18). The molecular weight excluding hydrogens is 234 g/mol. The summed E-state index contributed by atoms with van der Waals surface area (Å²) in [6.07, 6.45) is 1.63. The molecule has 0 aliphatic rings. The Morgan fingerprint density at radius 2 is 2.22 bits per heavy atom. The van der Waals surface area contributed by atoms with Crippen LogP contribution in [0.25, 0.3) is 0 Å². The first kappa shape index (κ1) is 11.9. The summed E-state index contributed by atoms with van der Waals surface area (Å²) in [5.74, 6) is 0.0944. The molecule has 0 amide bonds. The van der Waals surface area contributed by atoms with Crippen LogP contribution in [0.4, 0.5) is 11.5 Å². The lowest BCUT2D eigenvalue weighted by Gasteiger charge is -2.11. The van der Waals surface area contributed by atoms with Crippen molar-refractivity contribution in [3.63, 3.8) is 0 Å². The third kappa shape index (κ3) is 2.10. The van der Waals surface area contributed by atoms with Crippen LogP contribution in [0.1, 0.15) is 5.69 Å². The number of hydrogen-bond donors (Lipinski definition) is 3. The third-order valence-corrected chi connectivity index (χ3v) is 2.54. The molecule has 7 heteroatoms. The molecule has 4 N–H and O–H groups in total. The zero-order valence-electron chi connectivity index (χ0n) is 9.80. The molecular formula is C11H13N5O2. The lowest BCUT2D eigenvalue weighted by molar-refractivity contribution is 0.718. The van der Waals surface area contributed by atoms with Gasteiger partial charge < -0.3 is 11.1 Å². The SMILES string of the molecule is CNc1c(N)n(Cc2ccccn2)c(=O)[nH]c1=O. The fourth-order valence-corrected chi connectivity index (χ4v) is 1.64. The van der Waals surface area contributed by atoms with E-state index in [1.807, 2.05) is 6.07 Å². The Hall–Kier alpha value is -2.57. The Morgan fingerprint density at radius 1 is 1.44 bits per heavy atom. The van der Waals surface area contributed by atoms with Gasteiger partial charge in [-0.25, -0.2) is 4.79 Å². The summed E-state index contributed by atoms with van der Waals surface area (Å²) in [7, 11) is 1.57. The maximum atomic E-state index is 11.7. The maximum absolute atomic E-state index is 11.7. The van der Waals surface area contributed by atoms with Crippen molar-refractivity contribution >= 4 is 11.5 Å². The highest BCUT2D eigenvalue weighted by Gasteiger charge is 2.11. The molecule has 0 aliphatic carbocycles. The number of anilines is 2. The number of nitrogens with one attached hydrogen (secondary N) is 2. The largest absolute Gasteiger partial charge is 0.383 e. The van der Waals surface area contributed by atoms with Gasteiger partial charge in [-0.1, -0.05) is 6.07 Å². The highest BCUT2D eigenvalue weighted by molar-refractivity contribution is 5.60. The molecule has 0 radical (unpaired) electrons. The van der Waals surface area contributed by atoms with Gasteiger partial charge in [0.15, 0.2) is 0 Å². The van der Waals surface area contributed by atoms with Crippen LogP contribution >= 0.6 is 0 Å². The minimum Gasteiger partial charge on any atom is -0.383 e. The molecule has 0 fully saturated rings. The second-order valence-electron chi connectivity index (χ2n) is 3.68. The molecule has 18 heavy (non-hydrogen) atoms. The summed E-state index contributed by atoms with van der Waals surface area (Å²) in [5, 5.41) is 2.67. The van der Waals surface area contributed by atoms with E-state index in [1.165, 1.54) is 4.57 Å². The third-order valence-electron chi connectivity index (χ3n) is 2.54. The predicted octanol–water partition coefficient (Wildman–Crippen LogP) is -0.396. The minimum absolute atomic E-state index is 0.0944. The van der Waals surface area contributed by atoms with E-state index in [4.69, 9.17) is 5.73 Å². The number of aromatic nitrogens is 3. The van der Waals surface area contributed by atoms with Crippen molar-refractivity contribution in [1.29, 1.82) is 0 Å². The van der Waals surface area contributed by atoms with Gasteiger partial charge in [-0.2, -0.15) is 0 Å². The van der Waals surface area contributed by atoms with E-state index in [9.17, 15) is 9.59 Å². The average Bonchev–Trinajstić information content (AvgIpc) is 2.36. The van der Waals surface area contributed by atoms with Crippen molar-refractivity contribution in [2.75, 3.05) is 18.1 Å². The molecule has 0 aliphatic heterocycles. The van der Waals surface area contributed by atoms with Gasteiger partial charge in [0.1, 0.15) is 11.5 Å². The molecule has 2 aromatic heterocycles. The first-order chi connectivity index (χ1) is 8.63. The molecule has 0 aromatic carbocycles. The smallest absolute Gasteiger partial charge is 0.330 e. The summed E-state index contributed by atoms with van der Waals surface area (Å²) in [6, 6.07) is 5.37. The van der Waals surface area contributed by atoms with E-state index < -0.39 is 11.2 Å². The van der Waals surface area contributed by atoms with Gasteiger partial charge in [0.2, 0.25) is 0 Å². The summed E-state index contributed by atoms with van der Waals surface area (Å²) in [5.41, 5.74) is 5.56. The highest BCUT2D eigenvalue weighted by atomic mass is 16.2. The number of rotatable bonds is 3. The summed E-state index contributed by atoms with van der Waals surface area (Å²) in [4.78, 5) is 29.5. The number of pyridine rings is 1. The minimum atomic E-state index is -0.554. The van der Waals surface area contributed by atoms with Crippen LogP contribution in [0.3, 0.4) is 0 Å². The van der Waals surface area contributed by atoms with Gasteiger partial charge in [-0.05, 0) is 12.1 Å². The lowest BCUT2D eigenvalue weighted by atomic mass is 10.3. The van der Waals surface area contributed by atoms with Crippen molar-refractivity contribution in [2.45, 2.75) is 6.54 Å². The maximum Gasteiger partial charge on any atom is 0.330 e. The van der Waals surface area contributed by atoms with Crippen LogP contribution in [0.2, 0.25) is 0 Å². The first-order valence-electron chi connectivity index (χ1n) is 5.33. The molecule has 0 saturated carbocycles. The van der Waals surface area contributed by atoms with E-state index in [0.717, 1.165) is 0 Å². The van der Waals surface area contributed by atoms with Crippen molar-refractivity contribution < 1.29 is 0 Å². The Bertz CT molecular complexity index is 659. The topological polar surface area (TPSA) is 106 Å². The summed E-state index contributed by atoms with van der Waals surface area (Å²) in [6.45, 7) is 0.205. The number of nitrogens with zero attached hydrogens (tertiary/aromatic N) is 2. The van der Waals surface area contributed by atoms with Crippen LogP contribution in [0, 0.1) is 0 Å². The molecule has 7 nitrogen and oxygen atoms in total. The van der Waals surface area contributed by atoms with Crippen molar-refractivity contribution in [3.8, 4) is 0 Å². The fourth-order valence-electron chi connectivity index (χ4n) is 1.64. The van der Waals surface area contributed by atoms with Gasteiger partial charge in [0.25, 0.3) is 5.56 Å². The number of aromatic amines is 1. The van der Waals surface area contributed by atoms with E-state index in [2.05, 4.69) is 15.3 Å². The predicted molar refractivity (Wildman–Crippen MR) is 68.6 cm³/mol. The van der Waals surface area contributed by atoms with Crippen LogP contribution in [0.5, 0.6) is 0 Å². The number of nitrogens with two attached hydrogens (primary N) is 1. The summed E-state index contributed by atoms with van der Waals surface area (Å²) >= 11 is 0. The average molecular weight is 247 g/mol. The van der Waals surface area contributed by atoms with Gasteiger partial charge in [-0.15, -0.1) is 0 Å². The van der Waals surface area contributed by atoms with Crippen LogP contribution in [-0.4, -0.2) is 21.6 Å². The Labute approximate surface area is 102 Å². The van der Waals surface area contributed by atoms with E-state index in [1.54, 1.807) is 25.4 Å². The zero-order chi connectivity index (χ0) is 13.1. The fraction of sp³-hybridized carbons (Fsp3) is 0.182. The Balaban J connectivity index is 2.52. The molecule has 2 rings (SSSR count). The van der Waals surface area contributed by atoms with Crippen LogP contribution < -0.4 is 22.3 Å².